The molecular weight excluding hydrogens is 332 g/mol. The molecule has 152 valence electrons. The van der Waals surface area contributed by atoms with E-state index in [0.29, 0.717) is 12.2 Å². The maximum atomic E-state index is 6.10. The summed E-state index contributed by atoms with van der Waals surface area (Å²) in [5.41, 5.74) is 0. The Morgan fingerprint density at radius 3 is 1.88 bits per heavy atom. The van der Waals surface area contributed by atoms with Gasteiger partial charge < -0.3 is 9.47 Å². The molecule has 0 aromatic carbocycles. The molecule has 0 aromatic heterocycles. The molecule has 0 radical (unpaired) electrons. The molecule has 25 heavy (non-hydrogen) atoms. The Hall–Kier alpha value is 0.210. The molecule has 0 aliphatic carbocycles. The first-order valence-corrected chi connectivity index (χ1v) is 11.2. The number of hydrogen-bond acceptors (Lipinski definition) is 2. The molecule has 4 unspecified atom stereocenters. The lowest BCUT2D eigenvalue weighted by Gasteiger charge is -2.21. The van der Waals surface area contributed by atoms with Crippen LogP contribution in [0.2, 0.25) is 0 Å². The standard InChI is InChI=1S/C22H45ClO2/c1-6-7-8-9-10-13-24-18-25-14-11-12-19(2)15-20(3)16-21(4)17-22(5)23/h19-22H,6-18H2,1-5H3. The molecule has 2 nitrogen and oxygen atoms in total. The summed E-state index contributed by atoms with van der Waals surface area (Å²) in [7, 11) is 0. The topological polar surface area (TPSA) is 18.5 Å². The van der Waals surface area contributed by atoms with Crippen molar-refractivity contribution in [2.75, 3.05) is 20.0 Å². The minimum Gasteiger partial charge on any atom is -0.355 e. The first-order valence-electron chi connectivity index (χ1n) is 10.7. The summed E-state index contributed by atoms with van der Waals surface area (Å²) in [6.07, 6.45) is 12.6. The molecule has 0 aliphatic heterocycles. The van der Waals surface area contributed by atoms with E-state index >= 15 is 0 Å². The number of alkyl halides is 1. The Morgan fingerprint density at radius 2 is 1.24 bits per heavy atom. The molecule has 0 spiro atoms. The molecule has 0 fully saturated rings. The summed E-state index contributed by atoms with van der Waals surface area (Å²) in [5, 5.41) is 0.301. The van der Waals surface area contributed by atoms with Crippen molar-refractivity contribution in [3.63, 3.8) is 0 Å². The third-order valence-corrected chi connectivity index (χ3v) is 5.06. The van der Waals surface area contributed by atoms with Crippen molar-refractivity contribution in [1.29, 1.82) is 0 Å². The normalized spacial score (nSPS) is 16.6. The van der Waals surface area contributed by atoms with Gasteiger partial charge in [-0.15, -0.1) is 11.6 Å². The van der Waals surface area contributed by atoms with E-state index in [2.05, 4.69) is 34.6 Å². The highest BCUT2D eigenvalue weighted by molar-refractivity contribution is 6.20. The van der Waals surface area contributed by atoms with Crippen LogP contribution in [-0.2, 0) is 9.47 Å². The molecule has 0 aliphatic rings. The maximum absolute atomic E-state index is 6.10. The van der Waals surface area contributed by atoms with Crippen molar-refractivity contribution in [2.24, 2.45) is 17.8 Å². The Morgan fingerprint density at radius 1 is 0.680 bits per heavy atom. The van der Waals surface area contributed by atoms with Crippen molar-refractivity contribution in [1.82, 2.24) is 0 Å². The molecule has 0 heterocycles. The average molecular weight is 377 g/mol. The zero-order valence-corrected chi connectivity index (χ0v) is 18.5. The van der Waals surface area contributed by atoms with Gasteiger partial charge in [-0.05, 0) is 63.2 Å². The Kier molecular flexibility index (Phi) is 17.8. The van der Waals surface area contributed by atoms with E-state index < -0.39 is 0 Å². The fourth-order valence-electron chi connectivity index (χ4n) is 3.76. The Labute approximate surface area is 163 Å². The largest absolute Gasteiger partial charge is 0.355 e. The predicted molar refractivity (Wildman–Crippen MR) is 111 cm³/mol. The van der Waals surface area contributed by atoms with Crippen LogP contribution < -0.4 is 0 Å². The first-order chi connectivity index (χ1) is 12.0. The third-order valence-electron chi connectivity index (χ3n) is 4.88. The summed E-state index contributed by atoms with van der Waals surface area (Å²) in [6.45, 7) is 13.6. The van der Waals surface area contributed by atoms with Gasteiger partial charge in [-0.25, -0.2) is 0 Å². The third kappa shape index (κ3) is 18.8. The lowest BCUT2D eigenvalue weighted by Crippen LogP contribution is -2.11. The van der Waals surface area contributed by atoms with Crippen molar-refractivity contribution < 1.29 is 9.47 Å². The molecule has 0 aromatic rings. The van der Waals surface area contributed by atoms with Gasteiger partial charge in [0.15, 0.2) is 0 Å². The summed E-state index contributed by atoms with van der Waals surface area (Å²) in [6, 6.07) is 0. The van der Waals surface area contributed by atoms with Gasteiger partial charge in [0.25, 0.3) is 0 Å². The van der Waals surface area contributed by atoms with E-state index in [1.54, 1.807) is 0 Å². The highest BCUT2D eigenvalue weighted by atomic mass is 35.5. The van der Waals surface area contributed by atoms with E-state index in [9.17, 15) is 0 Å². The second kappa shape index (κ2) is 17.6. The molecule has 4 atom stereocenters. The molecule has 0 rings (SSSR count). The van der Waals surface area contributed by atoms with Gasteiger partial charge in [-0.2, -0.15) is 0 Å². The van der Waals surface area contributed by atoms with Crippen LogP contribution in [0.5, 0.6) is 0 Å². The zero-order chi connectivity index (χ0) is 18.9. The van der Waals surface area contributed by atoms with Crippen LogP contribution in [0, 0.1) is 17.8 Å². The highest BCUT2D eigenvalue weighted by Crippen LogP contribution is 2.25. The Balaban J connectivity index is 3.41. The monoisotopic (exact) mass is 376 g/mol. The Bertz CT molecular complexity index is 271. The second-order valence-corrected chi connectivity index (χ2v) is 9.04. The van der Waals surface area contributed by atoms with Crippen molar-refractivity contribution in [3.8, 4) is 0 Å². The maximum Gasteiger partial charge on any atom is 0.146 e. The van der Waals surface area contributed by atoms with Gasteiger partial charge in [-0.3, -0.25) is 0 Å². The predicted octanol–water partition coefficient (Wildman–Crippen LogP) is 7.43. The minimum atomic E-state index is 0.301. The van der Waals surface area contributed by atoms with Crippen LogP contribution in [0.15, 0.2) is 0 Å². The van der Waals surface area contributed by atoms with Crippen molar-refractivity contribution >= 4 is 11.6 Å². The fourth-order valence-corrected chi connectivity index (χ4v) is 4.06. The number of halogens is 1. The van der Waals surface area contributed by atoms with Crippen molar-refractivity contribution in [3.05, 3.63) is 0 Å². The summed E-state index contributed by atoms with van der Waals surface area (Å²) >= 11 is 6.10. The van der Waals surface area contributed by atoms with E-state index in [1.165, 1.54) is 51.4 Å². The molecule has 3 heteroatoms. The van der Waals surface area contributed by atoms with Gasteiger partial charge >= 0.3 is 0 Å². The molecule has 0 saturated carbocycles. The molecule has 0 bridgehead atoms. The van der Waals surface area contributed by atoms with Crippen LogP contribution in [0.3, 0.4) is 0 Å². The smallest absolute Gasteiger partial charge is 0.146 e. The van der Waals surface area contributed by atoms with Crippen LogP contribution in [-0.4, -0.2) is 25.4 Å². The van der Waals surface area contributed by atoms with E-state index in [1.807, 2.05) is 0 Å². The number of rotatable bonds is 18. The van der Waals surface area contributed by atoms with Crippen LogP contribution in [0.4, 0.5) is 0 Å². The average Bonchev–Trinajstić information content (AvgIpc) is 2.51. The van der Waals surface area contributed by atoms with Gasteiger partial charge in [0.1, 0.15) is 6.79 Å². The SMILES string of the molecule is CCCCCCCOCOCCCC(C)CC(C)CC(C)CC(C)Cl. The number of hydrogen-bond donors (Lipinski definition) is 0. The van der Waals surface area contributed by atoms with Gasteiger partial charge in [-0.1, -0.05) is 53.4 Å². The number of ether oxygens (including phenoxy) is 2. The van der Waals surface area contributed by atoms with Crippen LogP contribution >= 0.6 is 11.6 Å². The summed E-state index contributed by atoms with van der Waals surface area (Å²) in [5.74, 6) is 2.30. The molecular formula is C22H45ClO2. The van der Waals surface area contributed by atoms with E-state index in [0.717, 1.165) is 43.8 Å². The lowest BCUT2D eigenvalue weighted by molar-refractivity contribution is -0.0561. The van der Waals surface area contributed by atoms with Crippen molar-refractivity contribution in [2.45, 2.75) is 104 Å². The zero-order valence-electron chi connectivity index (χ0n) is 17.7. The second-order valence-electron chi connectivity index (χ2n) is 8.29. The van der Waals surface area contributed by atoms with Gasteiger partial charge in [0, 0.05) is 18.6 Å². The fraction of sp³-hybridized carbons (Fsp3) is 1.00. The highest BCUT2D eigenvalue weighted by Gasteiger charge is 2.14. The first kappa shape index (κ1) is 25.2. The van der Waals surface area contributed by atoms with Gasteiger partial charge in [0.2, 0.25) is 0 Å². The molecule has 0 saturated heterocycles. The number of unbranched alkanes of at least 4 members (excludes halogenated alkanes) is 4. The van der Waals surface area contributed by atoms with Crippen LogP contribution in [0.25, 0.3) is 0 Å². The van der Waals surface area contributed by atoms with Gasteiger partial charge in [0.05, 0.1) is 0 Å². The minimum absolute atomic E-state index is 0.301. The quantitative estimate of drug-likeness (QED) is 0.140. The summed E-state index contributed by atoms with van der Waals surface area (Å²) in [4.78, 5) is 0. The molecule has 0 amide bonds. The lowest BCUT2D eigenvalue weighted by atomic mass is 9.86. The van der Waals surface area contributed by atoms with E-state index in [-0.39, 0.29) is 0 Å². The summed E-state index contributed by atoms with van der Waals surface area (Å²) < 4.78 is 11.1. The molecule has 0 N–H and O–H groups in total. The van der Waals surface area contributed by atoms with Crippen LogP contribution in [0.1, 0.15) is 98.8 Å². The van der Waals surface area contributed by atoms with E-state index in [4.69, 9.17) is 21.1 Å².